The van der Waals surface area contributed by atoms with E-state index in [2.05, 4.69) is 143 Å². The molecule has 3 heteroatoms. The zero-order valence-electron chi connectivity index (χ0n) is 24.1. The Morgan fingerprint density at radius 2 is 1.49 bits per heavy atom. The third-order valence-corrected chi connectivity index (χ3v) is 10.3. The molecule has 0 bridgehead atoms. The van der Waals surface area contributed by atoms with E-state index in [0.717, 1.165) is 6.42 Å². The maximum absolute atomic E-state index is 3.85. The molecule has 0 amide bonds. The van der Waals surface area contributed by atoms with Gasteiger partial charge in [0.2, 0.25) is 0 Å². The SMILES string of the molecule is CC1C=CCCC1n1c2ccccc2c2cc(-c3ccc4c(c3)c3cccc5c6c(n4c53)NC3C=CC=CC3=C6)ccc21. The summed E-state index contributed by atoms with van der Waals surface area (Å²) >= 11 is 0. The highest BCUT2D eigenvalue weighted by molar-refractivity contribution is 6.19. The van der Waals surface area contributed by atoms with Crippen molar-refractivity contribution in [2.75, 3.05) is 5.32 Å². The van der Waals surface area contributed by atoms with E-state index in [9.17, 15) is 0 Å². The van der Waals surface area contributed by atoms with Crippen LogP contribution in [0.1, 0.15) is 31.4 Å². The summed E-state index contributed by atoms with van der Waals surface area (Å²) in [6, 6.07) is 30.6. The molecule has 2 aliphatic carbocycles. The first-order valence-corrected chi connectivity index (χ1v) is 15.6. The van der Waals surface area contributed by atoms with Gasteiger partial charge in [-0.15, -0.1) is 0 Å². The highest BCUT2D eigenvalue weighted by atomic mass is 15.1. The fourth-order valence-electron chi connectivity index (χ4n) is 8.25. The summed E-state index contributed by atoms with van der Waals surface area (Å²) < 4.78 is 5.07. The summed E-state index contributed by atoms with van der Waals surface area (Å²) in [7, 11) is 0. The topological polar surface area (TPSA) is 21.4 Å². The number of aromatic nitrogens is 2. The Labute approximate surface area is 250 Å². The first kappa shape index (κ1) is 23.5. The summed E-state index contributed by atoms with van der Waals surface area (Å²) in [5, 5.41) is 10.5. The number of fused-ring (bicyclic) bond motifs is 10. The number of allylic oxidation sites excluding steroid dienone is 4. The zero-order chi connectivity index (χ0) is 28.2. The van der Waals surface area contributed by atoms with Gasteiger partial charge in [-0.25, -0.2) is 0 Å². The second kappa shape index (κ2) is 8.52. The fraction of sp³-hybridized carbons (Fsp3) is 0.150. The highest BCUT2D eigenvalue weighted by Crippen LogP contribution is 2.45. The van der Waals surface area contributed by atoms with Crippen LogP contribution in [-0.2, 0) is 0 Å². The molecule has 0 radical (unpaired) electrons. The van der Waals surface area contributed by atoms with Crippen LogP contribution >= 0.6 is 0 Å². The molecule has 10 rings (SSSR count). The van der Waals surface area contributed by atoms with Crippen molar-refractivity contribution in [1.29, 1.82) is 0 Å². The van der Waals surface area contributed by atoms with Crippen LogP contribution < -0.4 is 5.32 Å². The third kappa shape index (κ3) is 3.14. The maximum atomic E-state index is 3.85. The summed E-state index contributed by atoms with van der Waals surface area (Å²) in [6.45, 7) is 2.36. The van der Waals surface area contributed by atoms with E-state index in [1.807, 2.05) is 0 Å². The number of anilines is 1. The van der Waals surface area contributed by atoms with E-state index in [1.54, 1.807) is 0 Å². The molecule has 3 aliphatic rings. The van der Waals surface area contributed by atoms with Crippen molar-refractivity contribution in [2.24, 2.45) is 5.92 Å². The second-order valence-electron chi connectivity index (χ2n) is 12.6. The van der Waals surface area contributed by atoms with Crippen LogP contribution in [-0.4, -0.2) is 15.0 Å². The maximum Gasteiger partial charge on any atom is 0.119 e. The van der Waals surface area contributed by atoms with Gasteiger partial charge in [0.05, 0.1) is 17.1 Å². The van der Waals surface area contributed by atoms with Gasteiger partial charge in [0.1, 0.15) is 5.82 Å². The van der Waals surface area contributed by atoms with Crippen molar-refractivity contribution < 1.29 is 0 Å². The van der Waals surface area contributed by atoms with Gasteiger partial charge >= 0.3 is 0 Å². The first-order valence-electron chi connectivity index (χ1n) is 15.6. The Kier molecular flexibility index (Phi) is 4.66. The number of para-hydroxylation sites is 2. The second-order valence-corrected chi connectivity index (χ2v) is 12.6. The number of rotatable bonds is 2. The molecule has 7 aromatic rings. The molecule has 1 aliphatic heterocycles. The van der Waals surface area contributed by atoms with E-state index in [0.29, 0.717) is 12.0 Å². The minimum Gasteiger partial charge on any atom is -0.360 e. The summed E-state index contributed by atoms with van der Waals surface area (Å²) in [6.07, 6.45) is 18.2. The number of hydrogen-bond donors (Lipinski definition) is 1. The van der Waals surface area contributed by atoms with E-state index in [4.69, 9.17) is 0 Å². The smallest absolute Gasteiger partial charge is 0.119 e. The predicted molar refractivity (Wildman–Crippen MR) is 182 cm³/mol. The van der Waals surface area contributed by atoms with Crippen LogP contribution in [0, 0.1) is 5.92 Å². The van der Waals surface area contributed by atoms with Crippen molar-refractivity contribution in [3.05, 3.63) is 126 Å². The lowest BCUT2D eigenvalue weighted by Gasteiger charge is -2.28. The molecular formula is C40H31N3. The van der Waals surface area contributed by atoms with Gasteiger partial charge in [0.25, 0.3) is 0 Å². The normalized spacial score (nSPS) is 21.2. The van der Waals surface area contributed by atoms with Gasteiger partial charge in [0.15, 0.2) is 0 Å². The zero-order valence-corrected chi connectivity index (χ0v) is 24.1. The lowest BCUT2D eigenvalue weighted by atomic mass is 9.91. The van der Waals surface area contributed by atoms with Crippen LogP contribution in [0.3, 0.4) is 0 Å². The predicted octanol–water partition coefficient (Wildman–Crippen LogP) is 10.3. The fourth-order valence-corrected chi connectivity index (χ4v) is 8.25. The molecule has 0 saturated carbocycles. The molecule has 206 valence electrons. The van der Waals surface area contributed by atoms with Crippen LogP contribution in [0.5, 0.6) is 0 Å². The van der Waals surface area contributed by atoms with E-state index in [1.165, 1.54) is 83.5 Å². The molecule has 0 fully saturated rings. The van der Waals surface area contributed by atoms with Crippen molar-refractivity contribution in [1.82, 2.24) is 8.97 Å². The van der Waals surface area contributed by atoms with Crippen LogP contribution in [0.25, 0.3) is 66.2 Å². The largest absolute Gasteiger partial charge is 0.360 e. The molecule has 3 aromatic heterocycles. The highest BCUT2D eigenvalue weighted by Gasteiger charge is 2.27. The van der Waals surface area contributed by atoms with E-state index < -0.39 is 0 Å². The third-order valence-electron chi connectivity index (χ3n) is 10.3. The minimum absolute atomic E-state index is 0.214. The van der Waals surface area contributed by atoms with Crippen LogP contribution in [0.4, 0.5) is 5.82 Å². The van der Waals surface area contributed by atoms with E-state index in [-0.39, 0.29) is 6.04 Å². The number of nitrogens with zero attached hydrogens (tertiary/aromatic N) is 2. The lowest BCUT2D eigenvalue weighted by molar-refractivity contribution is 0.388. The summed E-state index contributed by atoms with van der Waals surface area (Å²) in [5.74, 6) is 1.72. The Hall–Kier alpha value is -5.02. The molecule has 43 heavy (non-hydrogen) atoms. The summed E-state index contributed by atoms with van der Waals surface area (Å²) in [4.78, 5) is 0. The van der Waals surface area contributed by atoms with Gasteiger partial charge in [-0.1, -0.05) is 91.9 Å². The van der Waals surface area contributed by atoms with E-state index >= 15 is 0 Å². The Morgan fingerprint density at radius 3 is 2.37 bits per heavy atom. The molecular weight excluding hydrogens is 522 g/mol. The molecule has 0 spiro atoms. The van der Waals surface area contributed by atoms with Crippen LogP contribution in [0.2, 0.25) is 0 Å². The Balaban J connectivity index is 1.17. The van der Waals surface area contributed by atoms with Gasteiger partial charge < -0.3 is 9.88 Å². The molecule has 4 heterocycles. The van der Waals surface area contributed by atoms with Crippen LogP contribution in [0.15, 0.2) is 121 Å². The van der Waals surface area contributed by atoms with Crippen molar-refractivity contribution in [2.45, 2.75) is 31.8 Å². The number of hydrogen-bond acceptors (Lipinski definition) is 1. The lowest BCUT2D eigenvalue weighted by Crippen LogP contribution is -2.24. The monoisotopic (exact) mass is 553 g/mol. The Bertz CT molecular complexity index is 2410. The molecule has 3 atom stereocenters. The molecule has 0 saturated heterocycles. The quantitative estimate of drug-likeness (QED) is 0.211. The number of benzene rings is 4. The minimum atomic E-state index is 0.214. The Morgan fingerprint density at radius 1 is 0.721 bits per heavy atom. The molecule has 1 N–H and O–H groups in total. The van der Waals surface area contributed by atoms with Gasteiger partial charge in [-0.05, 0) is 71.9 Å². The first-order chi connectivity index (χ1) is 21.2. The van der Waals surface area contributed by atoms with Crippen molar-refractivity contribution in [3.63, 3.8) is 0 Å². The van der Waals surface area contributed by atoms with Gasteiger partial charge in [0, 0.05) is 49.6 Å². The van der Waals surface area contributed by atoms with Gasteiger partial charge in [-0.2, -0.15) is 0 Å². The number of nitrogens with one attached hydrogen (secondary N) is 1. The van der Waals surface area contributed by atoms with Gasteiger partial charge in [-0.3, -0.25) is 4.40 Å². The van der Waals surface area contributed by atoms with Crippen molar-refractivity contribution >= 4 is 60.9 Å². The average Bonchev–Trinajstić information content (AvgIpc) is 3.68. The standard InChI is InChI=1S/C40H31N3/c1-24-9-2-6-15-35(24)42-36-16-7-4-11-28(36)31-21-25(17-19-37(31)42)26-18-20-38-32(22-26)29-12-8-13-30-33-23-27-10-3-5-14-34(27)41-40(33)43(38)39(29)30/h2-5,7-14,16-24,34-35,41H,6,15H2,1H3. The average molecular weight is 554 g/mol. The molecule has 3 nitrogen and oxygen atoms in total. The van der Waals surface area contributed by atoms with Crippen molar-refractivity contribution in [3.8, 4) is 11.1 Å². The molecule has 4 aromatic carbocycles. The molecule has 3 unspecified atom stereocenters. The summed E-state index contributed by atoms with van der Waals surface area (Å²) in [5.41, 5.74) is 10.4.